The minimum absolute atomic E-state index is 0. The van der Waals surface area contributed by atoms with Gasteiger partial charge in [0.1, 0.15) is 6.79 Å². The van der Waals surface area contributed by atoms with E-state index in [0.717, 1.165) is 13.2 Å². The molecule has 54 valence electrons. The van der Waals surface area contributed by atoms with Crippen molar-refractivity contribution >= 4 is 0 Å². The van der Waals surface area contributed by atoms with Gasteiger partial charge in [-0.15, -0.1) is 0 Å². The largest absolute Gasteiger partial charge is 1.00 e. The summed E-state index contributed by atoms with van der Waals surface area (Å²) in [5, 5.41) is 14.8. The molecule has 1 heterocycles. The van der Waals surface area contributed by atoms with Crippen molar-refractivity contribution in [1.82, 2.24) is 0 Å². The van der Waals surface area contributed by atoms with Crippen LogP contribution in [-0.2, 0) is 9.47 Å². The first-order chi connectivity index (χ1) is 4.23. The molecule has 0 radical (unpaired) electrons. The first kappa shape index (κ1) is 12.4. The first-order valence-corrected chi connectivity index (χ1v) is 2.20. The maximum atomic E-state index is 8.25. The second-order valence-corrected chi connectivity index (χ2v) is 1.16. The topological polar surface area (TPSA) is 84.7 Å². The fraction of sp³-hybridized carbons (Fsp3) is 1.00. The Morgan fingerprint density at radius 2 is 1.50 bits per heavy atom. The van der Waals surface area contributed by atoms with Crippen molar-refractivity contribution in [3.8, 4) is 0 Å². The van der Waals surface area contributed by atoms with Gasteiger partial charge in [0, 0.05) is 0 Å². The second-order valence-electron chi connectivity index (χ2n) is 1.16. The first-order valence-electron chi connectivity index (χ1n) is 2.20. The maximum absolute atomic E-state index is 8.25. The van der Waals surface area contributed by atoms with E-state index in [9.17, 15) is 0 Å². The molecule has 1 fully saturated rings. The third-order valence-corrected chi connectivity index (χ3v) is 0.539. The third kappa shape index (κ3) is 15.6. The standard InChI is InChI=1S/C3H6O2.Li.NO3/c1-2-5-3-4-1;;2-1(3)4/h1-3H2;;/q;+1;-1. The van der Waals surface area contributed by atoms with Crippen molar-refractivity contribution in [2.75, 3.05) is 20.0 Å². The number of nitrogens with zero attached hydrogens (tertiary/aromatic N) is 1. The Morgan fingerprint density at radius 1 is 1.20 bits per heavy atom. The Bertz CT molecular complexity index is 73.4. The van der Waals surface area contributed by atoms with Crippen molar-refractivity contribution in [2.45, 2.75) is 0 Å². The van der Waals surface area contributed by atoms with Crippen LogP contribution in [0, 0.1) is 15.3 Å². The summed E-state index contributed by atoms with van der Waals surface area (Å²) >= 11 is 0. The molecule has 0 saturated carbocycles. The Hall–Kier alpha value is -0.283. The summed E-state index contributed by atoms with van der Waals surface area (Å²) in [6, 6.07) is 0. The summed E-state index contributed by atoms with van der Waals surface area (Å²) < 4.78 is 9.44. The minimum atomic E-state index is -1.75. The van der Waals surface area contributed by atoms with Crippen molar-refractivity contribution in [3.05, 3.63) is 15.3 Å². The molecule has 0 aromatic carbocycles. The minimum Gasteiger partial charge on any atom is -0.356 e. The summed E-state index contributed by atoms with van der Waals surface area (Å²) in [5.41, 5.74) is 0. The van der Waals surface area contributed by atoms with E-state index in [1.165, 1.54) is 0 Å². The zero-order valence-corrected chi connectivity index (χ0v) is 5.61. The molecule has 0 unspecified atom stereocenters. The van der Waals surface area contributed by atoms with E-state index in [2.05, 4.69) is 0 Å². The molecule has 0 aromatic rings. The SMILES string of the molecule is C1COCO1.O=[N+]([O-])[O-].[Li+]. The van der Waals surface area contributed by atoms with Gasteiger partial charge >= 0.3 is 18.9 Å². The predicted octanol–water partition coefficient (Wildman–Crippen LogP) is -3.24. The van der Waals surface area contributed by atoms with Crippen LogP contribution in [0.3, 0.4) is 0 Å². The van der Waals surface area contributed by atoms with Gasteiger partial charge in [-0.3, -0.25) is 0 Å². The quantitative estimate of drug-likeness (QED) is 0.202. The Kier molecular flexibility index (Phi) is 10.8. The van der Waals surface area contributed by atoms with E-state index in [4.69, 9.17) is 24.8 Å². The zero-order chi connectivity index (χ0) is 7.11. The average Bonchev–Trinajstić information content (AvgIpc) is 2.11. The van der Waals surface area contributed by atoms with E-state index < -0.39 is 5.09 Å². The van der Waals surface area contributed by atoms with Gasteiger partial charge in [0.15, 0.2) is 0 Å². The van der Waals surface area contributed by atoms with Crippen LogP contribution in [0.25, 0.3) is 0 Å². The molecule has 0 bridgehead atoms. The fourth-order valence-corrected chi connectivity index (χ4v) is 0.295. The number of ether oxygens (including phenoxy) is 2. The van der Waals surface area contributed by atoms with Crippen LogP contribution in [0.4, 0.5) is 0 Å². The van der Waals surface area contributed by atoms with Crippen molar-refractivity contribution in [2.24, 2.45) is 0 Å². The zero-order valence-electron chi connectivity index (χ0n) is 5.61. The molecule has 1 saturated heterocycles. The van der Waals surface area contributed by atoms with Gasteiger partial charge in [0.25, 0.3) is 0 Å². The van der Waals surface area contributed by atoms with Gasteiger partial charge < -0.3 is 24.8 Å². The van der Waals surface area contributed by atoms with Crippen LogP contribution in [0.2, 0.25) is 0 Å². The van der Waals surface area contributed by atoms with Gasteiger partial charge in [-0.05, 0) is 0 Å². The van der Waals surface area contributed by atoms with E-state index in [-0.39, 0.29) is 18.9 Å². The van der Waals surface area contributed by atoms with Crippen LogP contribution in [0.1, 0.15) is 0 Å². The average molecular weight is 143 g/mol. The Balaban J connectivity index is 0. The van der Waals surface area contributed by atoms with Crippen LogP contribution in [-0.4, -0.2) is 25.1 Å². The summed E-state index contributed by atoms with van der Waals surface area (Å²) in [5.74, 6) is 0. The third-order valence-electron chi connectivity index (χ3n) is 0.539. The normalized spacial score (nSPS) is 14.4. The predicted molar refractivity (Wildman–Crippen MR) is 27.1 cm³/mol. The van der Waals surface area contributed by atoms with E-state index >= 15 is 0 Å². The molecule has 1 aliphatic heterocycles. The van der Waals surface area contributed by atoms with Gasteiger partial charge in [0.05, 0.1) is 18.3 Å². The van der Waals surface area contributed by atoms with Crippen LogP contribution in [0.5, 0.6) is 0 Å². The van der Waals surface area contributed by atoms with Gasteiger partial charge in [-0.25, -0.2) is 0 Å². The van der Waals surface area contributed by atoms with Gasteiger partial charge in [-0.1, -0.05) is 0 Å². The van der Waals surface area contributed by atoms with E-state index in [1.54, 1.807) is 0 Å². The molecule has 0 aromatic heterocycles. The molecule has 1 aliphatic rings. The fourth-order valence-electron chi connectivity index (χ4n) is 0.295. The van der Waals surface area contributed by atoms with Crippen molar-refractivity contribution < 1.29 is 33.4 Å². The molecule has 0 amide bonds. The maximum Gasteiger partial charge on any atom is 1.00 e. The van der Waals surface area contributed by atoms with E-state index in [1.807, 2.05) is 0 Å². The smallest absolute Gasteiger partial charge is 0.356 e. The van der Waals surface area contributed by atoms with Gasteiger partial charge in [0.2, 0.25) is 0 Å². The number of rotatable bonds is 0. The molecular formula is C3H6LiNO5. The van der Waals surface area contributed by atoms with Crippen LogP contribution >= 0.6 is 0 Å². The monoisotopic (exact) mass is 143 g/mol. The summed E-state index contributed by atoms with van der Waals surface area (Å²) in [4.78, 5) is 8.25. The number of hydrogen-bond acceptors (Lipinski definition) is 5. The second kappa shape index (κ2) is 8.72. The molecule has 0 spiro atoms. The molecule has 10 heavy (non-hydrogen) atoms. The summed E-state index contributed by atoms with van der Waals surface area (Å²) in [6.07, 6.45) is 0. The molecular weight excluding hydrogens is 137 g/mol. The van der Waals surface area contributed by atoms with Crippen LogP contribution < -0.4 is 18.9 Å². The molecule has 0 atom stereocenters. The molecule has 6 nitrogen and oxygen atoms in total. The molecule has 7 heteroatoms. The van der Waals surface area contributed by atoms with Crippen molar-refractivity contribution in [3.63, 3.8) is 0 Å². The van der Waals surface area contributed by atoms with Gasteiger partial charge in [-0.2, -0.15) is 0 Å². The van der Waals surface area contributed by atoms with Crippen LogP contribution in [0.15, 0.2) is 0 Å². The molecule has 0 aliphatic carbocycles. The molecule has 0 N–H and O–H groups in total. The van der Waals surface area contributed by atoms with E-state index in [0.29, 0.717) is 6.79 Å². The summed E-state index contributed by atoms with van der Waals surface area (Å²) in [7, 11) is 0. The summed E-state index contributed by atoms with van der Waals surface area (Å²) in [6.45, 7) is 2.06. The molecule has 1 rings (SSSR count). The van der Waals surface area contributed by atoms with Crippen molar-refractivity contribution in [1.29, 1.82) is 0 Å². The Labute approximate surface area is 69.4 Å². The number of hydrogen-bond donors (Lipinski definition) is 0. The Morgan fingerprint density at radius 3 is 1.60 bits per heavy atom.